The lowest BCUT2D eigenvalue weighted by Gasteiger charge is -2.14. The van der Waals surface area contributed by atoms with Gasteiger partial charge >= 0.3 is 12.2 Å². The van der Waals surface area contributed by atoms with Crippen LogP contribution in [-0.2, 0) is 6.18 Å². The Balaban J connectivity index is 1.82. The lowest BCUT2D eigenvalue weighted by molar-refractivity contribution is -0.388. The zero-order valence-corrected chi connectivity index (χ0v) is 13.7. The van der Waals surface area contributed by atoms with Gasteiger partial charge in [-0.25, -0.2) is 4.79 Å². The number of hydrogen-bond donors (Lipinski definition) is 3. The van der Waals surface area contributed by atoms with E-state index < -0.39 is 28.4 Å². The number of amides is 2. The van der Waals surface area contributed by atoms with Crippen LogP contribution >= 0.6 is 0 Å². The fraction of sp³-hybridized carbons (Fsp3) is 0.235. The van der Waals surface area contributed by atoms with E-state index >= 15 is 0 Å². The zero-order chi connectivity index (χ0) is 19.8. The maximum absolute atomic E-state index is 13.0. The van der Waals surface area contributed by atoms with E-state index in [9.17, 15) is 33.2 Å². The minimum Gasteiger partial charge on any atom is -0.506 e. The Morgan fingerprint density at radius 1 is 1.19 bits per heavy atom. The van der Waals surface area contributed by atoms with E-state index in [4.69, 9.17) is 0 Å². The Morgan fingerprint density at radius 3 is 2.48 bits per heavy atom. The Hall–Kier alpha value is -3.30. The van der Waals surface area contributed by atoms with Gasteiger partial charge in [-0.05, 0) is 42.5 Å². The number of hydrogen-bond acceptors (Lipinski definition) is 4. The van der Waals surface area contributed by atoms with Crippen molar-refractivity contribution in [2.75, 3.05) is 10.6 Å². The number of phenolic OH excluding ortho intramolecular Hbond substituents is 1. The number of anilines is 2. The SMILES string of the molecule is O=C(Nc1ccc([N+](=O)[O-])c(C(F)(F)F)c1)Nc1c(O)cccc1C1CC1. The molecule has 0 bridgehead atoms. The van der Waals surface area contributed by atoms with E-state index in [-0.39, 0.29) is 23.0 Å². The number of nitro groups is 1. The highest BCUT2D eigenvalue weighted by molar-refractivity contribution is 6.01. The normalized spacial score (nSPS) is 13.9. The second-order valence-corrected chi connectivity index (χ2v) is 6.08. The van der Waals surface area contributed by atoms with Crippen LogP contribution in [0.1, 0.15) is 29.9 Å². The molecule has 0 atom stereocenters. The van der Waals surface area contributed by atoms with Crippen LogP contribution in [0.4, 0.5) is 35.0 Å². The number of carbonyl (C=O) groups excluding carboxylic acids is 1. The van der Waals surface area contributed by atoms with Gasteiger partial charge < -0.3 is 15.7 Å². The Labute approximate surface area is 151 Å². The van der Waals surface area contributed by atoms with Crippen molar-refractivity contribution in [2.45, 2.75) is 24.9 Å². The van der Waals surface area contributed by atoms with Crippen molar-refractivity contribution in [3.05, 3.63) is 57.6 Å². The van der Waals surface area contributed by atoms with Gasteiger partial charge in [0.15, 0.2) is 0 Å². The van der Waals surface area contributed by atoms with Crippen LogP contribution in [0.15, 0.2) is 36.4 Å². The molecule has 0 aromatic heterocycles. The fourth-order valence-corrected chi connectivity index (χ4v) is 2.70. The van der Waals surface area contributed by atoms with Gasteiger partial charge in [0.05, 0.1) is 10.6 Å². The third-order valence-corrected chi connectivity index (χ3v) is 4.09. The number of rotatable bonds is 4. The molecule has 7 nitrogen and oxygen atoms in total. The number of urea groups is 1. The molecule has 1 saturated carbocycles. The largest absolute Gasteiger partial charge is 0.506 e. The summed E-state index contributed by atoms with van der Waals surface area (Å²) in [5, 5.41) is 25.4. The smallest absolute Gasteiger partial charge is 0.423 e. The first-order valence-electron chi connectivity index (χ1n) is 7.92. The van der Waals surface area contributed by atoms with Crippen LogP contribution < -0.4 is 10.6 Å². The van der Waals surface area contributed by atoms with Gasteiger partial charge in [-0.2, -0.15) is 13.2 Å². The minimum absolute atomic E-state index is 0.158. The molecular formula is C17H14F3N3O4. The number of carbonyl (C=O) groups is 1. The number of halogens is 3. The highest BCUT2D eigenvalue weighted by atomic mass is 19.4. The number of aromatic hydroxyl groups is 1. The summed E-state index contributed by atoms with van der Waals surface area (Å²) in [6.45, 7) is 0. The van der Waals surface area contributed by atoms with Crippen LogP contribution in [0.2, 0.25) is 0 Å². The predicted octanol–water partition coefficient (Wildman–Crippen LogP) is 4.84. The van der Waals surface area contributed by atoms with Crippen LogP contribution in [0, 0.1) is 10.1 Å². The first-order valence-corrected chi connectivity index (χ1v) is 7.92. The molecule has 1 aliphatic rings. The first-order chi connectivity index (χ1) is 12.7. The van der Waals surface area contributed by atoms with Crippen LogP contribution in [0.25, 0.3) is 0 Å². The average Bonchev–Trinajstić information content (AvgIpc) is 3.40. The van der Waals surface area contributed by atoms with Gasteiger partial charge in [0, 0.05) is 11.8 Å². The van der Waals surface area contributed by atoms with E-state index in [1.165, 1.54) is 6.07 Å². The third-order valence-electron chi connectivity index (χ3n) is 4.09. The van der Waals surface area contributed by atoms with E-state index in [2.05, 4.69) is 10.6 Å². The molecule has 1 fully saturated rings. The summed E-state index contributed by atoms with van der Waals surface area (Å²) < 4.78 is 39.0. The number of para-hydroxylation sites is 1. The summed E-state index contributed by atoms with van der Waals surface area (Å²) >= 11 is 0. The quantitative estimate of drug-likeness (QED) is 0.400. The summed E-state index contributed by atoms with van der Waals surface area (Å²) in [5.74, 6) is 0.0536. The van der Waals surface area contributed by atoms with Crippen molar-refractivity contribution >= 4 is 23.1 Å². The first kappa shape index (κ1) is 18.5. The molecule has 2 aromatic rings. The van der Waals surface area contributed by atoms with Crippen LogP contribution in [0.5, 0.6) is 5.75 Å². The number of phenols is 1. The van der Waals surface area contributed by atoms with E-state index in [0.29, 0.717) is 12.1 Å². The fourth-order valence-electron chi connectivity index (χ4n) is 2.70. The molecule has 0 saturated heterocycles. The maximum Gasteiger partial charge on any atom is 0.423 e. The van der Waals surface area contributed by atoms with Crippen molar-refractivity contribution in [3.8, 4) is 5.75 Å². The molecular weight excluding hydrogens is 367 g/mol. The number of nitrogens with one attached hydrogen (secondary N) is 2. The molecule has 10 heteroatoms. The summed E-state index contributed by atoms with van der Waals surface area (Å²) in [6.07, 6.45) is -3.12. The minimum atomic E-state index is -4.95. The van der Waals surface area contributed by atoms with Crippen molar-refractivity contribution in [1.29, 1.82) is 0 Å². The van der Waals surface area contributed by atoms with E-state index in [1.54, 1.807) is 12.1 Å². The van der Waals surface area contributed by atoms with Gasteiger partial charge in [0.2, 0.25) is 0 Å². The van der Waals surface area contributed by atoms with E-state index in [0.717, 1.165) is 24.5 Å². The molecule has 1 aliphatic carbocycles. The second kappa shape index (κ2) is 6.78. The topological polar surface area (TPSA) is 104 Å². The summed E-state index contributed by atoms with van der Waals surface area (Å²) in [4.78, 5) is 21.8. The molecule has 0 spiro atoms. The molecule has 0 unspecified atom stereocenters. The summed E-state index contributed by atoms with van der Waals surface area (Å²) in [7, 11) is 0. The number of benzene rings is 2. The highest BCUT2D eigenvalue weighted by Crippen LogP contribution is 2.46. The van der Waals surface area contributed by atoms with Crippen LogP contribution in [0.3, 0.4) is 0 Å². The maximum atomic E-state index is 13.0. The molecule has 2 amide bonds. The number of nitro benzene ring substituents is 1. The standard InChI is InChI=1S/C17H14F3N3O4/c18-17(19,20)12-8-10(6-7-13(12)23(26)27)21-16(25)22-15-11(9-4-5-9)2-1-3-14(15)24/h1-3,6-9,24H,4-5H2,(H2,21,22,25). The monoisotopic (exact) mass is 381 g/mol. The van der Waals surface area contributed by atoms with Gasteiger partial charge in [0.25, 0.3) is 5.69 Å². The molecule has 0 radical (unpaired) electrons. The predicted molar refractivity (Wildman–Crippen MR) is 90.8 cm³/mol. The second-order valence-electron chi connectivity index (χ2n) is 6.08. The highest BCUT2D eigenvalue weighted by Gasteiger charge is 2.38. The molecule has 0 aliphatic heterocycles. The summed E-state index contributed by atoms with van der Waals surface area (Å²) in [5.41, 5.74) is -1.91. The Bertz CT molecular complexity index is 911. The lowest BCUT2D eigenvalue weighted by Crippen LogP contribution is -2.21. The number of nitrogens with zero attached hydrogens (tertiary/aromatic N) is 1. The van der Waals surface area contributed by atoms with E-state index in [1.807, 2.05) is 0 Å². The van der Waals surface area contributed by atoms with Crippen molar-refractivity contribution in [2.24, 2.45) is 0 Å². The Kier molecular flexibility index (Phi) is 4.64. The average molecular weight is 381 g/mol. The molecule has 3 N–H and O–H groups in total. The molecule has 142 valence electrons. The van der Waals surface area contributed by atoms with Crippen molar-refractivity contribution in [1.82, 2.24) is 0 Å². The van der Waals surface area contributed by atoms with Crippen LogP contribution in [-0.4, -0.2) is 16.1 Å². The third kappa shape index (κ3) is 4.10. The van der Waals surface area contributed by atoms with Gasteiger partial charge in [0.1, 0.15) is 11.3 Å². The Morgan fingerprint density at radius 2 is 1.89 bits per heavy atom. The molecule has 0 heterocycles. The summed E-state index contributed by atoms with van der Waals surface area (Å²) in [6, 6.07) is 6.06. The number of alkyl halides is 3. The van der Waals surface area contributed by atoms with Gasteiger partial charge in [-0.15, -0.1) is 0 Å². The molecule has 2 aromatic carbocycles. The molecule has 27 heavy (non-hydrogen) atoms. The van der Waals surface area contributed by atoms with Crippen molar-refractivity contribution in [3.63, 3.8) is 0 Å². The lowest BCUT2D eigenvalue weighted by atomic mass is 10.1. The van der Waals surface area contributed by atoms with Crippen molar-refractivity contribution < 1.29 is 28.0 Å². The van der Waals surface area contributed by atoms with Gasteiger partial charge in [-0.1, -0.05) is 12.1 Å². The van der Waals surface area contributed by atoms with Gasteiger partial charge in [-0.3, -0.25) is 10.1 Å². The molecule has 3 rings (SSSR count). The zero-order valence-electron chi connectivity index (χ0n) is 13.7.